The highest BCUT2D eigenvalue weighted by Gasteiger charge is 2.15. The molecule has 0 aliphatic rings. The SMILES string of the molecule is Cc1nc(Nn2c3ccccc3c3ccc(C)c(C)c32)c2ccccc2n1. The van der Waals surface area contributed by atoms with Crippen LogP contribution >= 0.6 is 0 Å². The predicted molar refractivity (Wildman–Crippen MR) is 112 cm³/mol. The molecule has 0 unspecified atom stereocenters. The molecule has 2 heterocycles. The molecule has 132 valence electrons. The standard InChI is InChI=1S/C23H20N4/c1-14-12-13-18-17-8-5-7-11-21(17)27(22(18)15(14)2)26-23-19-9-4-6-10-20(19)24-16(3)25-23/h4-13H,1-3H3,(H,24,25,26). The normalized spacial score (nSPS) is 11.5. The summed E-state index contributed by atoms with van der Waals surface area (Å²) in [5, 5.41) is 3.49. The minimum Gasteiger partial charge on any atom is -0.276 e. The highest BCUT2D eigenvalue weighted by molar-refractivity contribution is 6.10. The largest absolute Gasteiger partial charge is 0.276 e. The Morgan fingerprint density at radius 1 is 0.741 bits per heavy atom. The first-order valence-corrected chi connectivity index (χ1v) is 9.13. The first kappa shape index (κ1) is 15.8. The van der Waals surface area contributed by atoms with Crippen LogP contribution in [0.1, 0.15) is 17.0 Å². The lowest BCUT2D eigenvalue weighted by Crippen LogP contribution is -2.12. The van der Waals surface area contributed by atoms with E-state index in [1.165, 1.54) is 27.4 Å². The summed E-state index contributed by atoms with van der Waals surface area (Å²) >= 11 is 0. The third kappa shape index (κ3) is 2.37. The number of anilines is 1. The topological polar surface area (TPSA) is 42.7 Å². The maximum Gasteiger partial charge on any atom is 0.156 e. The molecule has 4 nitrogen and oxygen atoms in total. The fourth-order valence-corrected chi connectivity index (χ4v) is 3.82. The average Bonchev–Trinajstić information content (AvgIpc) is 2.99. The minimum absolute atomic E-state index is 0.755. The minimum atomic E-state index is 0.755. The highest BCUT2D eigenvalue weighted by Crippen LogP contribution is 2.33. The second kappa shape index (κ2) is 5.81. The van der Waals surface area contributed by atoms with Gasteiger partial charge in [0, 0.05) is 16.2 Å². The van der Waals surface area contributed by atoms with E-state index in [2.05, 4.69) is 71.4 Å². The van der Waals surface area contributed by atoms with Gasteiger partial charge in [-0.2, -0.15) is 0 Å². The van der Waals surface area contributed by atoms with Crippen LogP contribution < -0.4 is 5.43 Å². The van der Waals surface area contributed by atoms with Gasteiger partial charge in [-0.3, -0.25) is 10.1 Å². The number of para-hydroxylation sites is 2. The number of nitrogens with zero attached hydrogens (tertiary/aromatic N) is 3. The maximum atomic E-state index is 4.70. The van der Waals surface area contributed by atoms with Crippen molar-refractivity contribution in [2.24, 2.45) is 0 Å². The molecule has 0 amide bonds. The van der Waals surface area contributed by atoms with Gasteiger partial charge in [-0.1, -0.05) is 42.5 Å². The summed E-state index contributed by atoms with van der Waals surface area (Å²) < 4.78 is 2.17. The van der Waals surface area contributed by atoms with E-state index in [4.69, 9.17) is 4.98 Å². The first-order valence-electron chi connectivity index (χ1n) is 9.13. The van der Waals surface area contributed by atoms with Gasteiger partial charge in [0.2, 0.25) is 0 Å². The quantitative estimate of drug-likeness (QED) is 0.454. The van der Waals surface area contributed by atoms with Crippen LogP contribution in [0.25, 0.3) is 32.7 Å². The van der Waals surface area contributed by atoms with Crippen molar-refractivity contribution in [2.75, 3.05) is 5.43 Å². The molecule has 5 aromatic rings. The van der Waals surface area contributed by atoms with E-state index in [0.717, 1.165) is 28.1 Å². The lowest BCUT2D eigenvalue weighted by atomic mass is 10.1. The molecule has 27 heavy (non-hydrogen) atoms. The van der Waals surface area contributed by atoms with Crippen LogP contribution in [0, 0.1) is 20.8 Å². The smallest absolute Gasteiger partial charge is 0.156 e. The van der Waals surface area contributed by atoms with E-state index in [9.17, 15) is 0 Å². The Balaban J connectivity index is 1.85. The molecule has 1 N–H and O–H groups in total. The zero-order valence-corrected chi connectivity index (χ0v) is 15.6. The van der Waals surface area contributed by atoms with Crippen LogP contribution in [0.15, 0.2) is 60.7 Å². The van der Waals surface area contributed by atoms with E-state index in [1.807, 2.05) is 25.1 Å². The van der Waals surface area contributed by atoms with Crippen molar-refractivity contribution in [3.8, 4) is 0 Å². The van der Waals surface area contributed by atoms with Crippen molar-refractivity contribution >= 4 is 38.5 Å². The Morgan fingerprint density at radius 2 is 1.48 bits per heavy atom. The molecule has 5 rings (SSSR count). The van der Waals surface area contributed by atoms with Gasteiger partial charge in [-0.15, -0.1) is 0 Å². The van der Waals surface area contributed by atoms with Gasteiger partial charge in [-0.05, 0) is 50.1 Å². The predicted octanol–water partition coefficient (Wildman–Crippen LogP) is 5.54. The summed E-state index contributed by atoms with van der Waals surface area (Å²) in [5.74, 6) is 1.58. The molecule has 0 saturated carbocycles. The summed E-state index contributed by atoms with van der Waals surface area (Å²) in [6, 6.07) is 21.0. The number of hydrogen-bond donors (Lipinski definition) is 1. The Morgan fingerprint density at radius 3 is 2.33 bits per heavy atom. The summed E-state index contributed by atoms with van der Waals surface area (Å²) in [6.07, 6.45) is 0. The molecule has 2 aromatic heterocycles. The molecule has 0 aliphatic heterocycles. The molecule has 0 spiro atoms. The number of hydrogen-bond acceptors (Lipinski definition) is 3. The van der Waals surface area contributed by atoms with Gasteiger partial charge in [0.15, 0.2) is 5.82 Å². The Hall–Kier alpha value is -3.40. The van der Waals surface area contributed by atoms with Gasteiger partial charge < -0.3 is 0 Å². The monoisotopic (exact) mass is 352 g/mol. The molecule has 0 saturated heterocycles. The number of aryl methyl sites for hydroxylation is 3. The van der Waals surface area contributed by atoms with Crippen molar-refractivity contribution in [1.82, 2.24) is 14.6 Å². The molecule has 0 atom stereocenters. The molecule has 0 radical (unpaired) electrons. The summed E-state index contributed by atoms with van der Waals surface area (Å²) in [4.78, 5) is 9.26. The van der Waals surface area contributed by atoms with Crippen molar-refractivity contribution in [3.05, 3.63) is 77.6 Å². The van der Waals surface area contributed by atoms with Crippen molar-refractivity contribution in [3.63, 3.8) is 0 Å². The van der Waals surface area contributed by atoms with Gasteiger partial charge in [0.1, 0.15) is 5.82 Å². The van der Waals surface area contributed by atoms with E-state index in [0.29, 0.717) is 0 Å². The molecule has 3 aromatic carbocycles. The van der Waals surface area contributed by atoms with E-state index in [-0.39, 0.29) is 0 Å². The van der Waals surface area contributed by atoms with E-state index >= 15 is 0 Å². The fraction of sp³-hybridized carbons (Fsp3) is 0.130. The number of nitrogens with one attached hydrogen (secondary N) is 1. The van der Waals surface area contributed by atoms with Crippen LogP contribution in [0.4, 0.5) is 5.82 Å². The summed E-state index contributed by atoms with van der Waals surface area (Å²) in [6.45, 7) is 6.26. The second-order valence-electron chi connectivity index (χ2n) is 7.00. The molecule has 4 heteroatoms. The van der Waals surface area contributed by atoms with Gasteiger partial charge in [0.05, 0.1) is 16.6 Å². The van der Waals surface area contributed by atoms with Crippen molar-refractivity contribution in [2.45, 2.75) is 20.8 Å². The van der Waals surface area contributed by atoms with Crippen LogP contribution in [0.3, 0.4) is 0 Å². The van der Waals surface area contributed by atoms with Crippen molar-refractivity contribution in [1.29, 1.82) is 0 Å². The highest BCUT2D eigenvalue weighted by atomic mass is 15.4. The van der Waals surface area contributed by atoms with Gasteiger partial charge in [0.25, 0.3) is 0 Å². The molecular formula is C23H20N4. The van der Waals surface area contributed by atoms with Crippen molar-refractivity contribution < 1.29 is 0 Å². The van der Waals surface area contributed by atoms with E-state index < -0.39 is 0 Å². The van der Waals surface area contributed by atoms with Crippen LogP contribution in [0.2, 0.25) is 0 Å². The molecular weight excluding hydrogens is 332 g/mol. The van der Waals surface area contributed by atoms with Crippen LogP contribution in [-0.2, 0) is 0 Å². The average molecular weight is 352 g/mol. The number of fused-ring (bicyclic) bond motifs is 4. The Labute approximate surface area is 157 Å². The Kier molecular flexibility index (Phi) is 3.41. The number of benzene rings is 3. The fourth-order valence-electron chi connectivity index (χ4n) is 3.82. The Bertz CT molecular complexity index is 1330. The van der Waals surface area contributed by atoms with E-state index in [1.54, 1.807) is 0 Å². The van der Waals surface area contributed by atoms with Gasteiger partial charge in [-0.25, -0.2) is 9.97 Å². The van der Waals surface area contributed by atoms with Crippen LogP contribution in [-0.4, -0.2) is 14.6 Å². The summed E-state index contributed by atoms with van der Waals surface area (Å²) in [7, 11) is 0. The zero-order valence-electron chi connectivity index (χ0n) is 15.6. The lowest BCUT2D eigenvalue weighted by Gasteiger charge is -2.14. The third-order valence-corrected chi connectivity index (χ3v) is 5.29. The number of aromatic nitrogens is 3. The molecule has 0 bridgehead atoms. The van der Waals surface area contributed by atoms with Gasteiger partial charge >= 0.3 is 0 Å². The van der Waals surface area contributed by atoms with Crippen LogP contribution in [0.5, 0.6) is 0 Å². The third-order valence-electron chi connectivity index (χ3n) is 5.29. The lowest BCUT2D eigenvalue weighted by molar-refractivity contribution is 0.999. The molecule has 0 fully saturated rings. The maximum absolute atomic E-state index is 4.70. The summed E-state index contributed by atoms with van der Waals surface area (Å²) in [5.41, 5.74) is 9.41. The second-order valence-corrected chi connectivity index (χ2v) is 7.00. The zero-order chi connectivity index (χ0) is 18.5. The molecule has 0 aliphatic carbocycles. The first-order chi connectivity index (χ1) is 13.1. The number of rotatable bonds is 2.